The normalized spacial score (nSPS) is 16.3. The molecule has 0 aliphatic heterocycles. The van der Waals surface area contributed by atoms with Crippen LogP contribution in [0.15, 0.2) is 29.6 Å². The van der Waals surface area contributed by atoms with E-state index in [0.29, 0.717) is 21.7 Å². The zero-order valence-electron chi connectivity index (χ0n) is 14.6. The first kappa shape index (κ1) is 19.0. The number of hydrogen-bond donors (Lipinski definition) is 1. The zero-order valence-corrected chi connectivity index (χ0v) is 17.7. The van der Waals surface area contributed by atoms with Crippen molar-refractivity contribution in [3.63, 3.8) is 0 Å². The van der Waals surface area contributed by atoms with E-state index in [9.17, 15) is 4.79 Å². The summed E-state index contributed by atoms with van der Waals surface area (Å²) in [4.78, 5) is 23.7. The number of benzene rings is 1. The van der Waals surface area contributed by atoms with Crippen molar-refractivity contribution in [1.82, 2.24) is 9.97 Å². The van der Waals surface area contributed by atoms with Crippen LogP contribution in [0.1, 0.15) is 23.8 Å². The second-order valence-corrected chi connectivity index (χ2v) is 9.63. The SMILES string of the molecule is CC1CCc2c(sc3ncnc(SCC(=O)Nc4cc(Cl)cc(Cl)c4)c23)C1. The Hall–Kier alpha value is -1.34. The maximum atomic E-state index is 12.4. The van der Waals surface area contributed by atoms with Crippen LogP contribution < -0.4 is 5.32 Å². The van der Waals surface area contributed by atoms with E-state index < -0.39 is 0 Å². The number of halogens is 2. The number of nitrogens with one attached hydrogen (secondary N) is 1. The topological polar surface area (TPSA) is 54.9 Å². The highest BCUT2D eigenvalue weighted by Gasteiger charge is 2.23. The number of anilines is 1. The fraction of sp³-hybridized carbons (Fsp3) is 0.316. The first-order chi connectivity index (χ1) is 13.0. The predicted molar refractivity (Wildman–Crippen MR) is 114 cm³/mol. The van der Waals surface area contributed by atoms with Crippen molar-refractivity contribution in [1.29, 1.82) is 0 Å². The quantitative estimate of drug-likeness (QED) is 0.410. The number of thiophene rings is 1. The molecule has 3 aromatic rings. The number of carbonyl (C=O) groups is 1. The smallest absolute Gasteiger partial charge is 0.234 e. The van der Waals surface area contributed by atoms with Crippen LogP contribution in [0.25, 0.3) is 10.2 Å². The highest BCUT2D eigenvalue weighted by molar-refractivity contribution is 8.00. The molecule has 140 valence electrons. The van der Waals surface area contributed by atoms with Crippen LogP contribution in [0.3, 0.4) is 0 Å². The minimum absolute atomic E-state index is 0.122. The minimum atomic E-state index is -0.122. The van der Waals surface area contributed by atoms with Gasteiger partial charge in [-0.3, -0.25) is 4.79 Å². The third-order valence-corrected chi connectivity index (χ3v) is 7.13. The van der Waals surface area contributed by atoms with E-state index in [1.807, 2.05) is 0 Å². The summed E-state index contributed by atoms with van der Waals surface area (Å²) in [5, 5.41) is 5.82. The van der Waals surface area contributed by atoms with Gasteiger partial charge in [0.2, 0.25) is 5.91 Å². The van der Waals surface area contributed by atoms with Crippen LogP contribution in [-0.2, 0) is 17.6 Å². The van der Waals surface area contributed by atoms with Crippen molar-refractivity contribution in [3.8, 4) is 0 Å². The molecule has 4 nitrogen and oxygen atoms in total. The van der Waals surface area contributed by atoms with Gasteiger partial charge in [0.05, 0.1) is 5.75 Å². The Kier molecular flexibility index (Phi) is 5.60. The highest BCUT2D eigenvalue weighted by Crippen LogP contribution is 2.40. The molecule has 0 saturated carbocycles. The summed E-state index contributed by atoms with van der Waals surface area (Å²) in [6, 6.07) is 4.98. The molecule has 2 aromatic heterocycles. The standard InChI is InChI=1S/C19H17Cl2N3OS2/c1-10-2-3-14-15(4-10)27-19-17(14)18(22-9-23-19)26-8-16(25)24-13-6-11(20)5-12(21)7-13/h5-7,9-10H,2-4,8H2,1H3,(H,24,25). The largest absolute Gasteiger partial charge is 0.325 e. The third kappa shape index (κ3) is 4.24. The first-order valence-corrected chi connectivity index (χ1v) is 11.2. The average Bonchev–Trinajstić information content (AvgIpc) is 2.96. The van der Waals surface area contributed by atoms with E-state index >= 15 is 0 Å². The maximum absolute atomic E-state index is 12.4. The summed E-state index contributed by atoms with van der Waals surface area (Å²) in [7, 11) is 0. The number of fused-ring (bicyclic) bond motifs is 3. The fourth-order valence-electron chi connectivity index (χ4n) is 3.31. The van der Waals surface area contributed by atoms with Crippen molar-refractivity contribution in [2.75, 3.05) is 11.1 Å². The fourth-order valence-corrected chi connectivity index (χ4v) is 6.08. The summed E-state index contributed by atoms with van der Waals surface area (Å²) in [5.41, 5.74) is 1.96. The van der Waals surface area contributed by atoms with E-state index in [2.05, 4.69) is 22.2 Å². The Bertz CT molecular complexity index is 1000. The number of aromatic nitrogens is 2. The lowest BCUT2D eigenvalue weighted by Crippen LogP contribution is -2.14. The van der Waals surface area contributed by atoms with Gasteiger partial charge in [-0.25, -0.2) is 9.97 Å². The molecule has 1 amide bonds. The molecule has 1 atom stereocenters. The number of amides is 1. The van der Waals surface area contributed by atoms with E-state index in [1.165, 1.54) is 28.6 Å². The molecule has 0 fully saturated rings. The van der Waals surface area contributed by atoms with Gasteiger partial charge in [-0.2, -0.15) is 0 Å². The number of nitrogens with zero attached hydrogens (tertiary/aromatic N) is 2. The van der Waals surface area contributed by atoms with Crippen molar-refractivity contribution in [2.45, 2.75) is 31.2 Å². The molecule has 4 rings (SSSR count). The number of thioether (sulfide) groups is 1. The Morgan fingerprint density at radius 3 is 2.85 bits per heavy atom. The number of carbonyl (C=O) groups excluding carboxylic acids is 1. The van der Waals surface area contributed by atoms with Gasteiger partial charge in [0, 0.05) is 26.0 Å². The molecule has 1 aliphatic rings. The molecular weight excluding hydrogens is 421 g/mol. The number of hydrogen-bond acceptors (Lipinski definition) is 5. The van der Waals surface area contributed by atoms with Crippen LogP contribution in [0.2, 0.25) is 10.0 Å². The molecular formula is C19H17Cl2N3OS2. The molecule has 0 spiro atoms. The summed E-state index contributed by atoms with van der Waals surface area (Å²) in [5.74, 6) is 0.852. The Morgan fingerprint density at radius 1 is 1.30 bits per heavy atom. The van der Waals surface area contributed by atoms with E-state index in [4.69, 9.17) is 23.2 Å². The molecule has 1 N–H and O–H groups in total. The summed E-state index contributed by atoms with van der Waals surface area (Å²) < 4.78 is 0. The molecule has 1 aliphatic carbocycles. The lowest BCUT2D eigenvalue weighted by molar-refractivity contribution is -0.113. The van der Waals surface area contributed by atoms with Crippen molar-refractivity contribution >= 4 is 68.1 Å². The maximum Gasteiger partial charge on any atom is 0.234 e. The predicted octanol–water partition coefficient (Wildman–Crippen LogP) is 5.85. The Labute approximate surface area is 175 Å². The second-order valence-electron chi connectivity index (χ2n) is 6.71. The van der Waals surface area contributed by atoms with Crippen molar-refractivity contribution < 1.29 is 4.79 Å². The number of rotatable bonds is 4. The lowest BCUT2D eigenvalue weighted by atomic mass is 9.89. The van der Waals surface area contributed by atoms with Crippen LogP contribution in [0, 0.1) is 5.92 Å². The molecule has 1 unspecified atom stereocenters. The van der Waals surface area contributed by atoms with Gasteiger partial charge in [-0.1, -0.05) is 41.9 Å². The Balaban J connectivity index is 1.51. The average molecular weight is 438 g/mol. The molecule has 0 radical (unpaired) electrons. The Morgan fingerprint density at radius 2 is 2.07 bits per heavy atom. The van der Waals surface area contributed by atoms with Gasteiger partial charge in [0.1, 0.15) is 16.2 Å². The van der Waals surface area contributed by atoms with Gasteiger partial charge in [0.15, 0.2) is 0 Å². The third-order valence-electron chi connectivity index (χ3n) is 4.54. The summed E-state index contributed by atoms with van der Waals surface area (Å²) in [6.45, 7) is 2.29. The van der Waals surface area contributed by atoms with Gasteiger partial charge in [-0.15, -0.1) is 11.3 Å². The minimum Gasteiger partial charge on any atom is -0.325 e. The van der Waals surface area contributed by atoms with Gasteiger partial charge in [-0.05, 0) is 48.9 Å². The van der Waals surface area contributed by atoms with Crippen molar-refractivity contribution in [3.05, 3.63) is 45.0 Å². The second kappa shape index (κ2) is 7.95. The van der Waals surface area contributed by atoms with Crippen LogP contribution in [-0.4, -0.2) is 21.6 Å². The molecule has 2 heterocycles. The van der Waals surface area contributed by atoms with Crippen LogP contribution >= 0.6 is 46.3 Å². The summed E-state index contributed by atoms with van der Waals surface area (Å²) in [6.07, 6.45) is 4.94. The zero-order chi connectivity index (χ0) is 19.0. The molecule has 1 aromatic carbocycles. The van der Waals surface area contributed by atoms with Crippen LogP contribution in [0.4, 0.5) is 5.69 Å². The van der Waals surface area contributed by atoms with Gasteiger partial charge < -0.3 is 5.32 Å². The van der Waals surface area contributed by atoms with E-state index in [1.54, 1.807) is 35.9 Å². The van der Waals surface area contributed by atoms with Gasteiger partial charge >= 0.3 is 0 Å². The van der Waals surface area contributed by atoms with Crippen molar-refractivity contribution in [2.24, 2.45) is 5.92 Å². The monoisotopic (exact) mass is 437 g/mol. The van der Waals surface area contributed by atoms with E-state index in [-0.39, 0.29) is 11.7 Å². The highest BCUT2D eigenvalue weighted by atomic mass is 35.5. The molecule has 8 heteroatoms. The molecule has 27 heavy (non-hydrogen) atoms. The summed E-state index contributed by atoms with van der Waals surface area (Å²) >= 11 is 15.2. The molecule has 0 saturated heterocycles. The first-order valence-electron chi connectivity index (χ1n) is 8.63. The molecule has 0 bridgehead atoms. The van der Waals surface area contributed by atoms with Gasteiger partial charge in [0.25, 0.3) is 0 Å². The van der Waals surface area contributed by atoms with Crippen LogP contribution in [0.5, 0.6) is 0 Å². The van der Waals surface area contributed by atoms with E-state index in [0.717, 1.165) is 28.1 Å². The number of aryl methyl sites for hydroxylation is 1. The lowest BCUT2D eigenvalue weighted by Gasteiger charge is -2.18.